The van der Waals surface area contributed by atoms with Crippen LogP contribution in [0.1, 0.15) is 140 Å². The quantitative estimate of drug-likeness (QED) is 0.218. The Kier molecular flexibility index (Phi) is 12.9. The summed E-state index contributed by atoms with van der Waals surface area (Å²) in [6.07, 6.45) is 25.2. The molecule has 2 aromatic carbocycles. The maximum absolute atomic E-state index is 2.41. The van der Waals surface area contributed by atoms with Gasteiger partial charge < -0.3 is 0 Å². The Morgan fingerprint density at radius 2 is 1.03 bits per heavy atom. The van der Waals surface area contributed by atoms with Gasteiger partial charge in [0.15, 0.2) is 0 Å². The minimum Gasteiger partial charge on any atom is -0.0654 e. The lowest BCUT2D eigenvalue weighted by Crippen LogP contribution is -2.13. The molecule has 3 rings (SSSR count). The zero-order chi connectivity index (χ0) is 23.8. The Morgan fingerprint density at radius 3 is 1.59 bits per heavy atom. The summed E-state index contributed by atoms with van der Waals surface area (Å²) in [7, 11) is 0. The van der Waals surface area contributed by atoms with Crippen molar-refractivity contribution >= 4 is 0 Å². The van der Waals surface area contributed by atoms with Gasteiger partial charge in [0.1, 0.15) is 0 Å². The fourth-order valence-electron chi connectivity index (χ4n) is 5.91. The van der Waals surface area contributed by atoms with Crippen LogP contribution in [0.3, 0.4) is 0 Å². The van der Waals surface area contributed by atoms with Crippen molar-refractivity contribution in [3.05, 3.63) is 59.7 Å². The Morgan fingerprint density at radius 1 is 0.529 bits per heavy atom. The molecule has 0 bridgehead atoms. The van der Waals surface area contributed by atoms with Crippen LogP contribution in [0.2, 0.25) is 0 Å². The number of unbranched alkanes of at least 4 members (excludes halogenated alkanes) is 10. The van der Waals surface area contributed by atoms with Gasteiger partial charge in [-0.25, -0.2) is 0 Å². The van der Waals surface area contributed by atoms with Gasteiger partial charge in [-0.1, -0.05) is 139 Å². The van der Waals surface area contributed by atoms with Gasteiger partial charge in [0.25, 0.3) is 0 Å². The van der Waals surface area contributed by atoms with E-state index < -0.39 is 0 Å². The second-order valence-corrected chi connectivity index (χ2v) is 11.1. The number of rotatable bonds is 16. The summed E-state index contributed by atoms with van der Waals surface area (Å²) in [6, 6.07) is 18.9. The van der Waals surface area contributed by atoms with Gasteiger partial charge >= 0.3 is 0 Å². The smallest absolute Gasteiger partial charge is 0.0162 e. The molecule has 0 amide bonds. The van der Waals surface area contributed by atoms with E-state index in [1.54, 1.807) is 5.56 Å². The molecule has 0 spiro atoms. The molecule has 0 aliphatic heterocycles. The standard InChI is InChI=1S/C34H52/c1-3-5-7-8-9-10-11-12-13-14-16-30-19-23-32(24-20-30)34-27-25-33(26-28-34)31-21-17-29(18-22-31)15-6-4-2/h19-20,23-29,31H,3-18,21-22H2,1-2H3. The Labute approximate surface area is 212 Å². The van der Waals surface area contributed by atoms with Crippen LogP contribution in [0.15, 0.2) is 48.5 Å². The van der Waals surface area contributed by atoms with Crippen LogP contribution in [0, 0.1) is 5.92 Å². The average Bonchev–Trinajstić information content (AvgIpc) is 2.89. The number of hydrogen-bond acceptors (Lipinski definition) is 0. The van der Waals surface area contributed by atoms with Crippen molar-refractivity contribution in [1.29, 1.82) is 0 Å². The summed E-state index contributed by atoms with van der Waals surface area (Å²) in [5.41, 5.74) is 5.79. The van der Waals surface area contributed by atoms with Crippen molar-refractivity contribution in [2.45, 2.75) is 135 Å². The van der Waals surface area contributed by atoms with E-state index in [9.17, 15) is 0 Å². The molecule has 34 heavy (non-hydrogen) atoms. The molecule has 0 N–H and O–H groups in total. The van der Waals surface area contributed by atoms with E-state index in [2.05, 4.69) is 62.4 Å². The zero-order valence-electron chi connectivity index (χ0n) is 22.5. The zero-order valence-corrected chi connectivity index (χ0v) is 22.5. The van der Waals surface area contributed by atoms with Crippen LogP contribution >= 0.6 is 0 Å². The van der Waals surface area contributed by atoms with Crippen LogP contribution in [0.25, 0.3) is 11.1 Å². The molecule has 1 saturated carbocycles. The highest BCUT2D eigenvalue weighted by molar-refractivity contribution is 5.64. The highest BCUT2D eigenvalue weighted by atomic mass is 14.3. The molecule has 0 atom stereocenters. The summed E-state index contributed by atoms with van der Waals surface area (Å²) in [6.45, 7) is 4.62. The second kappa shape index (κ2) is 16.2. The molecule has 1 aliphatic rings. The van der Waals surface area contributed by atoms with E-state index in [4.69, 9.17) is 0 Å². The third-order valence-electron chi connectivity index (χ3n) is 8.30. The molecule has 0 unspecified atom stereocenters. The first kappa shape index (κ1) is 27.0. The highest BCUT2D eigenvalue weighted by Crippen LogP contribution is 2.38. The average molecular weight is 461 g/mol. The van der Waals surface area contributed by atoms with Gasteiger partial charge in [0.2, 0.25) is 0 Å². The molecule has 0 nitrogen and oxygen atoms in total. The van der Waals surface area contributed by atoms with Crippen molar-refractivity contribution in [2.75, 3.05) is 0 Å². The monoisotopic (exact) mass is 460 g/mol. The third-order valence-corrected chi connectivity index (χ3v) is 8.30. The van der Waals surface area contributed by atoms with E-state index in [0.717, 1.165) is 11.8 Å². The molecule has 188 valence electrons. The number of aryl methyl sites for hydroxylation is 1. The summed E-state index contributed by atoms with van der Waals surface area (Å²) in [5.74, 6) is 1.78. The topological polar surface area (TPSA) is 0 Å². The first-order valence-electron chi connectivity index (χ1n) is 15.0. The fraction of sp³-hybridized carbons (Fsp3) is 0.647. The van der Waals surface area contributed by atoms with Gasteiger partial charge in [-0.3, -0.25) is 0 Å². The third kappa shape index (κ3) is 9.59. The Balaban J connectivity index is 1.34. The first-order chi connectivity index (χ1) is 16.8. The lowest BCUT2D eigenvalue weighted by molar-refractivity contribution is 0.304. The van der Waals surface area contributed by atoms with Crippen molar-refractivity contribution in [2.24, 2.45) is 5.92 Å². The molecule has 0 heteroatoms. The summed E-state index contributed by atoms with van der Waals surface area (Å²) >= 11 is 0. The predicted molar refractivity (Wildman–Crippen MR) is 152 cm³/mol. The van der Waals surface area contributed by atoms with Gasteiger partial charge in [-0.15, -0.1) is 0 Å². The number of benzene rings is 2. The lowest BCUT2D eigenvalue weighted by atomic mass is 9.77. The van der Waals surface area contributed by atoms with Crippen molar-refractivity contribution < 1.29 is 0 Å². The van der Waals surface area contributed by atoms with E-state index in [1.807, 2.05) is 0 Å². The second-order valence-electron chi connectivity index (χ2n) is 11.1. The molecule has 1 fully saturated rings. The van der Waals surface area contributed by atoms with Gasteiger partial charge in [-0.2, -0.15) is 0 Å². The maximum atomic E-state index is 2.41. The summed E-state index contributed by atoms with van der Waals surface area (Å²) in [5, 5.41) is 0. The minimum atomic E-state index is 0.787. The van der Waals surface area contributed by atoms with Gasteiger partial charge in [0, 0.05) is 0 Å². The lowest BCUT2D eigenvalue weighted by Gasteiger charge is -2.29. The highest BCUT2D eigenvalue weighted by Gasteiger charge is 2.21. The van der Waals surface area contributed by atoms with Crippen molar-refractivity contribution in [3.63, 3.8) is 0 Å². The maximum Gasteiger partial charge on any atom is -0.0162 e. The van der Waals surface area contributed by atoms with Gasteiger partial charge in [-0.05, 0) is 72.6 Å². The van der Waals surface area contributed by atoms with E-state index in [1.165, 1.54) is 132 Å². The Bertz CT molecular complexity index is 746. The van der Waals surface area contributed by atoms with Crippen LogP contribution in [0.5, 0.6) is 0 Å². The molecular formula is C34H52. The largest absolute Gasteiger partial charge is 0.0654 e. The van der Waals surface area contributed by atoms with E-state index in [0.29, 0.717) is 0 Å². The van der Waals surface area contributed by atoms with Crippen LogP contribution in [-0.4, -0.2) is 0 Å². The van der Waals surface area contributed by atoms with Crippen LogP contribution in [-0.2, 0) is 6.42 Å². The summed E-state index contributed by atoms with van der Waals surface area (Å²) in [4.78, 5) is 0. The Hall–Kier alpha value is -1.56. The molecule has 2 aromatic rings. The van der Waals surface area contributed by atoms with Crippen molar-refractivity contribution in [3.8, 4) is 11.1 Å². The van der Waals surface area contributed by atoms with E-state index >= 15 is 0 Å². The SMILES string of the molecule is CCCCCCCCCCCCc1ccc(-c2ccc(C3CCC(CCCC)CC3)cc2)cc1. The van der Waals surface area contributed by atoms with Crippen LogP contribution < -0.4 is 0 Å². The molecule has 0 saturated heterocycles. The predicted octanol–water partition coefficient (Wildman–Crippen LogP) is 11.3. The minimum absolute atomic E-state index is 0.787. The first-order valence-corrected chi connectivity index (χ1v) is 15.0. The van der Waals surface area contributed by atoms with Crippen molar-refractivity contribution in [1.82, 2.24) is 0 Å². The molecular weight excluding hydrogens is 408 g/mol. The molecule has 0 aromatic heterocycles. The molecule has 1 aliphatic carbocycles. The van der Waals surface area contributed by atoms with Gasteiger partial charge in [0.05, 0.1) is 0 Å². The molecule has 0 heterocycles. The fourth-order valence-corrected chi connectivity index (χ4v) is 5.91. The summed E-state index contributed by atoms with van der Waals surface area (Å²) < 4.78 is 0. The molecule has 0 radical (unpaired) electrons. The number of hydrogen-bond donors (Lipinski definition) is 0. The van der Waals surface area contributed by atoms with E-state index in [-0.39, 0.29) is 0 Å². The normalized spacial score (nSPS) is 18.3. The van der Waals surface area contributed by atoms with Crippen LogP contribution in [0.4, 0.5) is 0 Å².